The molecule has 0 saturated carbocycles. The summed E-state index contributed by atoms with van der Waals surface area (Å²) < 4.78 is 16.8. The van der Waals surface area contributed by atoms with Crippen molar-refractivity contribution in [3.05, 3.63) is 0 Å². The molecular formula is C53H102O6. The van der Waals surface area contributed by atoms with Crippen LogP contribution in [0.25, 0.3) is 0 Å². The number of unbranched alkanes of at least 4 members (excludes halogenated alkanes) is 35. The molecule has 0 heterocycles. The second-order valence-corrected chi connectivity index (χ2v) is 18.6. The highest BCUT2D eigenvalue weighted by Gasteiger charge is 2.19. The molecule has 0 spiro atoms. The summed E-state index contributed by atoms with van der Waals surface area (Å²) in [5.74, 6) is -0.0350. The van der Waals surface area contributed by atoms with Crippen molar-refractivity contribution in [2.75, 3.05) is 13.2 Å². The van der Waals surface area contributed by atoms with E-state index in [0.29, 0.717) is 19.3 Å². The average molecular weight is 835 g/mol. The maximum atomic E-state index is 12.8. The molecule has 0 bridgehead atoms. The van der Waals surface area contributed by atoms with Gasteiger partial charge in [0, 0.05) is 19.3 Å². The highest BCUT2D eigenvalue weighted by atomic mass is 16.6. The van der Waals surface area contributed by atoms with Crippen LogP contribution in [-0.2, 0) is 28.6 Å². The first kappa shape index (κ1) is 57.4. The number of ether oxygens (including phenoxy) is 3. The first-order valence-electron chi connectivity index (χ1n) is 26.4. The van der Waals surface area contributed by atoms with Gasteiger partial charge in [0.15, 0.2) is 6.10 Å². The second-order valence-electron chi connectivity index (χ2n) is 18.6. The summed E-state index contributed by atoms with van der Waals surface area (Å²) in [5.41, 5.74) is 0. The fraction of sp³-hybridized carbons (Fsp3) is 0.943. The van der Waals surface area contributed by atoms with Gasteiger partial charge in [-0.25, -0.2) is 0 Å². The largest absolute Gasteiger partial charge is 0.462 e. The van der Waals surface area contributed by atoms with Crippen molar-refractivity contribution in [2.45, 2.75) is 303 Å². The van der Waals surface area contributed by atoms with Crippen molar-refractivity contribution in [1.82, 2.24) is 0 Å². The maximum absolute atomic E-state index is 12.8. The number of carbonyl (C=O) groups excluding carboxylic acids is 3. The van der Waals surface area contributed by atoms with Crippen LogP contribution in [0.3, 0.4) is 0 Å². The average Bonchev–Trinajstić information content (AvgIpc) is 3.22. The van der Waals surface area contributed by atoms with E-state index in [2.05, 4.69) is 27.7 Å². The predicted octanol–water partition coefficient (Wildman–Crippen LogP) is 17.1. The Balaban J connectivity index is 4.30. The zero-order valence-electron chi connectivity index (χ0n) is 40.2. The van der Waals surface area contributed by atoms with Gasteiger partial charge in [-0.05, 0) is 25.2 Å². The normalized spacial score (nSPS) is 11.9. The van der Waals surface area contributed by atoms with Crippen molar-refractivity contribution in [3.63, 3.8) is 0 Å². The van der Waals surface area contributed by atoms with Crippen LogP contribution in [-0.4, -0.2) is 37.2 Å². The molecule has 0 fully saturated rings. The summed E-state index contributed by atoms with van der Waals surface area (Å²) in [7, 11) is 0. The molecule has 0 aromatic carbocycles. The molecule has 0 aromatic heterocycles. The minimum Gasteiger partial charge on any atom is -0.462 e. The van der Waals surface area contributed by atoms with Crippen molar-refractivity contribution >= 4 is 17.9 Å². The highest BCUT2D eigenvalue weighted by Crippen LogP contribution is 2.17. The Kier molecular flexibility index (Phi) is 46.2. The van der Waals surface area contributed by atoms with Crippen LogP contribution in [0.5, 0.6) is 0 Å². The summed E-state index contributed by atoms with van der Waals surface area (Å²) in [5, 5.41) is 0. The molecule has 6 nitrogen and oxygen atoms in total. The smallest absolute Gasteiger partial charge is 0.306 e. The van der Waals surface area contributed by atoms with Crippen LogP contribution >= 0.6 is 0 Å². The van der Waals surface area contributed by atoms with Crippen molar-refractivity contribution < 1.29 is 28.6 Å². The number of hydrogen-bond donors (Lipinski definition) is 0. The molecule has 59 heavy (non-hydrogen) atoms. The van der Waals surface area contributed by atoms with Gasteiger partial charge >= 0.3 is 17.9 Å². The monoisotopic (exact) mass is 835 g/mol. The van der Waals surface area contributed by atoms with Crippen LogP contribution in [0.2, 0.25) is 0 Å². The van der Waals surface area contributed by atoms with Gasteiger partial charge < -0.3 is 14.2 Å². The van der Waals surface area contributed by atoms with E-state index in [1.165, 1.54) is 193 Å². The predicted molar refractivity (Wildman–Crippen MR) is 252 cm³/mol. The summed E-state index contributed by atoms with van der Waals surface area (Å²) in [6, 6.07) is 0. The van der Waals surface area contributed by atoms with Gasteiger partial charge in [0.1, 0.15) is 13.2 Å². The second kappa shape index (κ2) is 47.5. The Morgan fingerprint density at radius 2 is 0.559 bits per heavy atom. The van der Waals surface area contributed by atoms with Gasteiger partial charge in [-0.15, -0.1) is 0 Å². The van der Waals surface area contributed by atoms with Crippen LogP contribution < -0.4 is 0 Å². The molecule has 0 rings (SSSR count). The quantitative estimate of drug-likeness (QED) is 0.0345. The van der Waals surface area contributed by atoms with Gasteiger partial charge in [-0.3, -0.25) is 14.4 Å². The Morgan fingerprint density at radius 1 is 0.322 bits per heavy atom. The zero-order valence-corrected chi connectivity index (χ0v) is 40.2. The van der Waals surface area contributed by atoms with Gasteiger partial charge in [-0.1, -0.05) is 259 Å². The first-order valence-corrected chi connectivity index (χ1v) is 26.4. The SMILES string of the molecule is CCCCCCCCCCCCCCCCCCC(=O)O[C@@H](COC(=O)CCCCCCCCCCCCCCC)COC(=O)CCCCCCCCCCCC(C)C. The molecule has 0 aliphatic heterocycles. The lowest BCUT2D eigenvalue weighted by Crippen LogP contribution is -2.30. The number of carbonyl (C=O) groups is 3. The molecule has 0 amide bonds. The third kappa shape index (κ3) is 47.3. The lowest BCUT2D eigenvalue weighted by atomic mass is 10.0. The van der Waals surface area contributed by atoms with Crippen LogP contribution in [0.15, 0.2) is 0 Å². The molecule has 6 heteroatoms. The van der Waals surface area contributed by atoms with Gasteiger partial charge in [0.25, 0.3) is 0 Å². The summed E-state index contributed by atoms with van der Waals surface area (Å²) in [4.78, 5) is 37.9. The van der Waals surface area contributed by atoms with E-state index in [1.807, 2.05) is 0 Å². The molecule has 0 N–H and O–H groups in total. The molecule has 0 unspecified atom stereocenters. The van der Waals surface area contributed by atoms with Crippen molar-refractivity contribution in [3.8, 4) is 0 Å². The summed E-state index contributed by atoms with van der Waals surface area (Å²) >= 11 is 0. The minimum atomic E-state index is -0.761. The fourth-order valence-corrected chi connectivity index (χ4v) is 8.04. The lowest BCUT2D eigenvalue weighted by Gasteiger charge is -2.18. The van der Waals surface area contributed by atoms with E-state index < -0.39 is 6.10 Å². The molecule has 1 atom stereocenters. The Hall–Kier alpha value is -1.59. The molecule has 0 radical (unpaired) electrons. The van der Waals surface area contributed by atoms with E-state index >= 15 is 0 Å². The lowest BCUT2D eigenvalue weighted by molar-refractivity contribution is -0.167. The zero-order chi connectivity index (χ0) is 43.1. The Labute approximate surface area is 368 Å². The molecule has 350 valence electrons. The topological polar surface area (TPSA) is 78.9 Å². The number of hydrogen-bond acceptors (Lipinski definition) is 6. The standard InChI is InChI=1S/C53H102O6/c1-5-7-9-11-13-15-17-19-20-21-23-25-29-34-38-42-46-53(56)59-50(48-58-52(55)45-41-37-33-30-26-27-31-35-39-43-49(3)4)47-57-51(54)44-40-36-32-28-24-22-18-16-14-12-10-8-6-2/h49-50H,5-48H2,1-4H3/t50-/m0/s1. The van der Waals surface area contributed by atoms with Crippen LogP contribution in [0, 0.1) is 5.92 Å². The third-order valence-electron chi connectivity index (χ3n) is 12.0. The van der Waals surface area contributed by atoms with Gasteiger partial charge in [0.05, 0.1) is 0 Å². The minimum absolute atomic E-state index is 0.0628. The van der Waals surface area contributed by atoms with E-state index in [-0.39, 0.29) is 31.1 Å². The number of esters is 3. The molecule has 0 aromatic rings. The third-order valence-corrected chi connectivity index (χ3v) is 12.0. The summed E-state index contributed by atoms with van der Waals surface area (Å²) in [6.07, 6.45) is 49.4. The van der Waals surface area contributed by atoms with E-state index in [9.17, 15) is 14.4 Å². The van der Waals surface area contributed by atoms with Crippen molar-refractivity contribution in [1.29, 1.82) is 0 Å². The van der Waals surface area contributed by atoms with Crippen molar-refractivity contribution in [2.24, 2.45) is 5.92 Å². The highest BCUT2D eigenvalue weighted by molar-refractivity contribution is 5.71. The number of rotatable bonds is 48. The molecule has 0 saturated heterocycles. The van der Waals surface area contributed by atoms with E-state index in [0.717, 1.165) is 63.7 Å². The maximum Gasteiger partial charge on any atom is 0.306 e. The molecule has 0 aliphatic carbocycles. The van der Waals surface area contributed by atoms with E-state index in [4.69, 9.17) is 14.2 Å². The summed E-state index contributed by atoms with van der Waals surface area (Å²) in [6.45, 7) is 9.01. The first-order chi connectivity index (χ1) is 28.9. The van der Waals surface area contributed by atoms with Crippen LogP contribution in [0.1, 0.15) is 297 Å². The fourth-order valence-electron chi connectivity index (χ4n) is 8.04. The van der Waals surface area contributed by atoms with E-state index in [1.54, 1.807) is 0 Å². The molecular weight excluding hydrogens is 733 g/mol. The van der Waals surface area contributed by atoms with Gasteiger partial charge in [-0.2, -0.15) is 0 Å². The Morgan fingerprint density at radius 3 is 0.831 bits per heavy atom. The van der Waals surface area contributed by atoms with Crippen LogP contribution in [0.4, 0.5) is 0 Å². The van der Waals surface area contributed by atoms with Gasteiger partial charge in [0.2, 0.25) is 0 Å². The Bertz CT molecular complexity index is 887. The molecule has 0 aliphatic rings.